The lowest BCUT2D eigenvalue weighted by Crippen LogP contribution is -2.23. The van der Waals surface area contributed by atoms with Gasteiger partial charge in [-0.3, -0.25) is 0 Å². The zero-order chi connectivity index (χ0) is 14.5. The van der Waals surface area contributed by atoms with E-state index < -0.39 is 0 Å². The van der Waals surface area contributed by atoms with Gasteiger partial charge in [0.25, 0.3) is 0 Å². The summed E-state index contributed by atoms with van der Waals surface area (Å²) in [5.41, 5.74) is 1.15. The molecule has 1 aliphatic heterocycles. The van der Waals surface area contributed by atoms with Crippen molar-refractivity contribution in [1.82, 2.24) is 10.2 Å². The lowest BCUT2D eigenvalue weighted by Gasteiger charge is -2.22. The number of ether oxygens (including phenoxy) is 1. The molecule has 0 spiro atoms. The number of anilines is 2. The van der Waals surface area contributed by atoms with Crippen molar-refractivity contribution in [3.63, 3.8) is 0 Å². The Morgan fingerprint density at radius 2 is 2.24 bits per heavy atom. The van der Waals surface area contributed by atoms with Crippen LogP contribution in [0.3, 0.4) is 0 Å². The van der Waals surface area contributed by atoms with Crippen molar-refractivity contribution >= 4 is 22.2 Å². The van der Waals surface area contributed by atoms with E-state index in [0.717, 1.165) is 60.7 Å². The lowest BCUT2D eigenvalue weighted by molar-refractivity contribution is 0.322. The van der Waals surface area contributed by atoms with E-state index >= 15 is 0 Å². The standard InChI is InChI=1S/C15H20N4OS/c1-2-8-16-15-18-17-14(21-15)11-19-9-5-10-20-13-7-4-3-6-12(13)19/h3-4,6-7H,2,5,8-11H2,1H3,(H,16,18). The van der Waals surface area contributed by atoms with Gasteiger partial charge < -0.3 is 15.0 Å². The van der Waals surface area contributed by atoms with Crippen molar-refractivity contribution in [2.24, 2.45) is 0 Å². The van der Waals surface area contributed by atoms with E-state index in [1.165, 1.54) is 0 Å². The van der Waals surface area contributed by atoms with Crippen molar-refractivity contribution < 1.29 is 4.74 Å². The Balaban J connectivity index is 1.73. The van der Waals surface area contributed by atoms with Crippen molar-refractivity contribution in [3.8, 4) is 5.75 Å². The van der Waals surface area contributed by atoms with Crippen LogP contribution in [0.25, 0.3) is 0 Å². The minimum absolute atomic E-state index is 0.771. The maximum Gasteiger partial charge on any atom is 0.205 e. The number of para-hydroxylation sites is 2. The van der Waals surface area contributed by atoms with Crippen molar-refractivity contribution in [1.29, 1.82) is 0 Å². The van der Waals surface area contributed by atoms with Crippen LogP contribution >= 0.6 is 11.3 Å². The predicted octanol–water partition coefficient (Wildman–Crippen LogP) is 3.15. The average molecular weight is 304 g/mol. The van der Waals surface area contributed by atoms with Crippen LogP contribution in [-0.4, -0.2) is 29.9 Å². The van der Waals surface area contributed by atoms with E-state index in [1.54, 1.807) is 11.3 Å². The lowest BCUT2D eigenvalue weighted by atomic mass is 10.2. The molecule has 6 heteroatoms. The largest absolute Gasteiger partial charge is 0.491 e. The molecule has 2 heterocycles. The maximum atomic E-state index is 5.79. The van der Waals surface area contributed by atoms with Gasteiger partial charge in [-0.05, 0) is 25.0 Å². The molecule has 0 saturated carbocycles. The fraction of sp³-hybridized carbons (Fsp3) is 0.467. The molecule has 0 fully saturated rings. The Kier molecular flexibility index (Phi) is 4.55. The van der Waals surface area contributed by atoms with E-state index in [1.807, 2.05) is 12.1 Å². The van der Waals surface area contributed by atoms with Gasteiger partial charge in [0.05, 0.1) is 18.8 Å². The molecule has 1 aromatic heterocycles. The fourth-order valence-electron chi connectivity index (χ4n) is 2.35. The normalized spacial score (nSPS) is 14.2. The first-order valence-corrected chi connectivity index (χ1v) is 8.21. The van der Waals surface area contributed by atoms with Crippen LogP contribution in [0.5, 0.6) is 5.75 Å². The molecular weight excluding hydrogens is 284 g/mol. The van der Waals surface area contributed by atoms with Gasteiger partial charge in [-0.2, -0.15) is 0 Å². The van der Waals surface area contributed by atoms with Crippen molar-refractivity contribution in [3.05, 3.63) is 29.3 Å². The zero-order valence-electron chi connectivity index (χ0n) is 12.2. The third-order valence-corrected chi connectivity index (χ3v) is 4.22. The van der Waals surface area contributed by atoms with Crippen LogP contribution in [0.1, 0.15) is 24.8 Å². The number of rotatable bonds is 5. The molecule has 0 atom stereocenters. The Morgan fingerprint density at radius 3 is 3.14 bits per heavy atom. The molecule has 3 rings (SSSR count). The molecule has 21 heavy (non-hydrogen) atoms. The Bertz CT molecular complexity index is 587. The van der Waals surface area contributed by atoms with E-state index in [4.69, 9.17) is 4.74 Å². The number of hydrogen-bond donors (Lipinski definition) is 1. The first-order valence-electron chi connectivity index (χ1n) is 7.40. The smallest absolute Gasteiger partial charge is 0.205 e. The summed E-state index contributed by atoms with van der Waals surface area (Å²) in [6.07, 6.45) is 2.11. The second kappa shape index (κ2) is 6.76. The van der Waals surface area contributed by atoms with Gasteiger partial charge in [-0.1, -0.05) is 30.4 Å². The van der Waals surface area contributed by atoms with Gasteiger partial charge in [0.15, 0.2) is 0 Å². The Morgan fingerprint density at radius 1 is 1.33 bits per heavy atom. The molecule has 1 N–H and O–H groups in total. The summed E-state index contributed by atoms with van der Waals surface area (Å²) in [4.78, 5) is 2.33. The highest BCUT2D eigenvalue weighted by atomic mass is 32.1. The molecule has 0 unspecified atom stereocenters. The third kappa shape index (κ3) is 3.44. The summed E-state index contributed by atoms with van der Waals surface area (Å²) in [7, 11) is 0. The third-order valence-electron chi connectivity index (χ3n) is 3.36. The minimum Gasteiger partial charge on any atom is -0.491 e. The van der Waals surface area contributed by atoms with Crippen LogP contribution < -0.4 is 15.0 Å². The van der Waals surface area contributed by atoms with Gasteiger partial charge in [-0.25, -0.2) is 0 Å². The van der Waals surface area contributed by atoms with E-state index in [-0.39, 0.29) is 0 Å². The van der Waals surface area contributed by atoms with Gasteiger partial charge in [0.2, 0.25) is 5.13 Å². The maximum absolute atomic E-state index is 5.79. The first kappa shape index (κ1) is 14.1. The molecule has 2 aromatic rings. The predicted molar refractivity (Wildman–Crippen MR) is 86.3 cm³/mol. The second-order valence-corrected chi connectivity index (χ2v) is 6.08. The van der Waals surface area contributed by atoms with E-state index in [2.05, 4.69) is 39.5 Å². The minimum atomic E-state index is 0.771. The van der Waals surface area contributed by atoms with E-state index in [0.29, 0.717) is 0 Å². The quantitative estimate of drug-likeness (QED) is 0.919. The Labute approximate surface area is 129 Å². The monoisotopic (exact) mass is 304 g/mol. The number of hydrogen-bond acceptors (Lipinski definition) is 6. The SMILES string of the molecule is CCCNc1nnc(CN2CCCOc3ccccc32)s1. The summed E-state index contributed by atoms with van der Waals surface area (Å²) in [6.45, 7) is 5.62. The zero-order valence-corrected chi connectivity index (χ0v) is 13.0. The average Bonchev–Trinajstić information content (AvgIpc) is 2.86. The fourth-order valence-corrected chi connectivity index (χ4v) is 3.13. The van der Waals surface area contributed by atoms with Gasteiger partial charge in [-0.15, -0.1) is 10.2 Å². The van der Waals surface area contributed by atoms with Crippen LogP contribution in [0.4, 0.5) is 10.8 Å². The molecule has 0 saturated heterocycles. The molecular formula is C15H20N4OS. The molecule has 5 nitrogen and oxygen atoms in total. The first-order chi connectivity index (χ1) is 10.4. The van der Waals surface area contributed by atoms with Gasteiger partial charge in [0, 0.05) is 13.1 Å². The van der Waals surface area contributed by atoms with Crippen LogP contribution in [-0.2, 0) is 6.54 Å². The number of nitrogens with zero attached hydrogens (tertiary/aromatic N) is 3. The topological polar surface area (TPSA) is 50.3 Å². The van der Waals surface area contributed by atoms with Gasteiger partial charge in [0.1, 0.15) is 10.8 Å². The van der Waals surface area contributed by atoms with Gasteiger partial charge >= 0.3 is 0 Å². The van der Waals surface area contributed by atoms with Crippen LogP contribution in [0.15, 0.2) is 24.3 Å². The number of benzene rings is 1. The molecule has 0 radical (unpaired) electrons. The number of aromatic nitrogens is 2. The number of fused-ring (bicyclic) bond motifs is 1. The molecule has 1 aliphatic rings. The molecule has 0 aliphatic carbocycles. The number of nitrogens with one attached hydrogen (secondary N) is 1. The molecule has 112 valence electrons. The van der Waals surface area contributed by atoms with Crippen LogP contribution in [0, 0.1) is 0 Å². The van der Waals surface area contributed by atoms with Crippen molar-refractivity contribution in [2.75, 3.05) is 29.9 Å². The Hall–Kier alpha value is -1.82. The molecule has 1 aromatic carbocycles. The summed E-state index contributed by atoms with van der Waals surface area (Å²) in [5, 5.41) is 13.7. The van der Waals surface area contributed by atoms with Crippen molar-refractivity contribution in [2.45, 2.75) is 26.3 Å². The summed E-state index contributed by atoms with van der Waals surface area (Å²) < 4.78 is 5.79. The molecule has 0 amide bonds. The summed E-state index contributed by atoms with van der Waals surface area (Å²) >= 11 is 1.63. The summed E-state index contributed by atoms with van der Waals surface area (Å²) in [6, 6.07) is 8.20. The molecule has 0 bridgehead atoms. The highest BCUT2D eigenvalue weighted by Crippen LogP contribution is 2.32. The highest BCUT2D eigenvalue weighted by Gasteiger charge is 2.17. The highest BCUT2D eigenvalue weighted by molar-refractivity contribution is 7.15. The summed E-state index contributed by atoms with van der Waals surface area (Å²) in [5.74, 6) is 0.962. The van der Waals surface area contributed by atoms with Crippen LogP contribution in [0.2, 0.25) is 0 Å². The second-order valence-electron chi connectivity index (χ2n) is 5.02. The van der Waals surface area contributed by atoms with E-state index in [9.17, 15) is 0 Å².